The molecule has 1 amide bonds. The van der Waals surface area contributed by atoms with E-state index in [2.05, 4.69) is 0 Å². The summed E-state index contributed by atoms with van der Waals surface area (Å²) in [6.07, 6.45) is 1.96. The van der Waals surface area contributed by atoms with Gasteiger partial charge in [-0.05, 0) is 30.5 Å². The molecule has 3 rings (SSSR count). The van der Waals surface area contributed by atoms with Gasteiger partial charge >= 0.3 is 5.97 Å². The number of amides is 1. The highest BCUT2D eigenvalue weighted by Gasteiger charge is 2.33. The number of carbonyl (C=O) groups excluding carboxylic acids is 1. The van der Waals surface area contributed by atoms with E-state index in [0.717, 1.165) is 18.4 Å². The molecule has 0 bridgehead atoms. The quantitative estimate of drug-likeness (QED) is 0.878. The molecule has 21 heavy (non-hydrogen) atoms. The molecule has 0 atom stereocenters. The van der Waals surface area contributed by atoms with Crippen LogP contribution in [0, 0.1) is 0 Å². The fourth-order valence-corrected chi connectivity index (χ4v) is 2.43. The van der Waals surface area contributed by atoms with Crippen LogP contribution in [0.15, 0.2) is 18.2 Å². The lowest BCUT2D eigenvalue weighted by Crippen LogP contribution is -2.38. The van der Waals surface area contributed by atoms with Gasteiger partial charge in [-0.25, -0.2) is 0 Å². The Morgan fingerprint density at radius 1 is 1.19 bits per heavy atom. The standard InChI is InChI=1S/C15H17NO5/c17-14(16(9-15(18)19)11-2-3-11)8-10-1-4-12-13(7-10)21-6-5-20-12/h1,4,7,11H,2-3,5-6,8-9H2,(H,18,19). The molecule has 0 saturated heterocycles. The van der Waals surface area contributed by atoms with Crippen molar-refractivity contribution < 1.29 is 24.2 Å². The third kappa shape index (κ3) is 3.26. The fraction of sp³-hybridized carbons (Fsp3) is 0.467. The maximum Gasteiger partial charge on any atom is 0.323 e. The van der Waals surface area contributed by atoms with Crippen molar-refractivity contribution in [3.8, 4) is 11.5 Å². The molecule has 1 aliphatic carbocycles. The van der Waals surface area contributed by atoms with Gasteiger partial charge in [-0.3, -0.25) is 9.59 Å². The van der Waals surface area contributed by atoms with Crippen LogP contribution in [-0.4, -0.2) is 47.7 Å². The Kier molecular flexibility index (Phi) is 3.68. The summed E-state index contributed by atoms with van der Waals surface area (Å²) < 4.78 is 10.9. The summed E-state index contributed by atoms with van der Waals surface area (Å²) in [4.78, 5) is 24.6. The minimum Gasteiger partial charge on any atom is -0.486 e. The van der Waals surface area contributed by atoms with Gasteiger partial charge in [-0.1, -0.05) is 6.07 Å². The highest BCUT2D eigenvalue weighted by atomic mass is 16.6. The van der Waals surface area contributed by atoms with Gasteiger partial charge in [0, 0.05) is 6.04 Å². The monoisotopic (exact) mass is 291 g/mol. The highest BCUT2D eigenvalue weighted by molar-refractivity contribution is 5.83. The summed E-state index contributed by atoms with van der Waals surface area (Å²) in [5.41, 5.74) is 0.806. The van der Waals surface area contributed by atoms with Gasteiger partial charge in [-0.15, -0.1) is 0 Å². The van der Waals surface area contributed by atoms with Crippen molar-refractivity contribution in [3.05, 3.63) is 23.8 Å². The number of hydrogen-bond donors (Lipinski definition) is 1. The molecule has 2 aliphatic rings. The maximum absolute atomic E-state index is 12.3. The zero-order valence-electron chi connectivity index (χ0n) is 11.6. The van der Waals surface area contributed by atoms with Gasteiger partial charge in [0.15, 0.2) is 11.5 Å². The number of carbonyl (C=O) groups is 2. The summed E-state index contributed by atoms with van der Waals surface area (Å²) in [5.74, 6) is 0.193. The van der Waals surface area contributed by atoms with Crippen LogP contribution in [0.3, 0.4) is 0 Å². The fourth-order valence-electron chi connectivity index (χ4n) is 2.43. The molecule has 6 nitrogen and oxygen atoms in total. The van der Waals surface area contributed by atoms with Crippen molar-refractivity contribution in [1.29, 1.82) is 0 Å². The lowest BCUT2D eigenvalue weighted by atomic mass is 10.1. The highest BCUT2D eigenvalue weighted by Crippen LogP contribution is 2.32. The predicted octanol–water partition coefficient (Wildman–Crippen LogP) is 1.08. The lowest BCUT2D eigenvalue weighted by Gasteiger charge is -2.21. The number of rotatable bonds is 5. The van der Waals surface area contributed by atoms with Crippen LogP contribution < -0.4 is 9.47 Å². The third-order valence-corrected chi connectivity index (χ3v) is 3.58. The normalized spacial score (nSPS) is 16.4. The number of carboxylic acid groups (broad SMARTS) is 1. The SMILES string of the molecule is O=C(O)CN(C(=O)Cc1ccc2c(c1)OCCO2)C1CC1. The number of carboxylic acids is 1. The van der Waals surface area contributed by atoms with Gasteiger partial charge in [0.05, 0.1) is 6.42 Å². The van der Waals surface area contributed by atoms with E-state index in [4.69, 9.17) is 14.6 Å². The van der Waals surface area contributed by atoms with Crippen LogP contribution in [0.2, 0.25) is 0 Å². The van der Waals surface area contributed by atoms with E-state index in [1.807, 2.05) is 6.07 Å². The van der Waals surface area contributed by atoms with Crippen LogP contribution in [0.1, 0.15) is 18.4 Å². The summed E-state index contributed by atoms with van der Waals surface area (Å²) in [6, 6.07) is 5.48. The molecule has 1 aromatic carbocycles. The van der Waals surface area contributed by atoms with Crippen LogP contribution in [0.4, 0.5) is 0 Å². The molecule has 1 N–H and O–H groups in total. The Labute approximate surface area is 122 Å². The van der Waals surface area contributed by atoms with Crippen LogP contribution in [0.25, 0.3) is 0 Å². The third-order valence-electron chi connectivity index (χ3n) is 3.58. The maximum atomic E-state index is 12.3. The van der Waals surface area contributed by atoms with Crippen LogP contribution in [-0.2, 0) is 16.0 Å². The first kappa shape index (κ1) is 13.7. The molecule has 0 radical (unpaired) electrons. The topological polar surface area (TPSA) is 76.1 Å². The first-order valence-corrected chi connectivity index (χ1v) is 7.03. The molecular weight excluding hydrogens is 274 g/mol. The van der Waals surface area contributed by atoms with Crippen LogP contribution in [0.5, 0.6) is 11.5 Å². The Bertz CT molecular complexity index is 567. The number of hydrogen-bond acceptors (Lipinski definition) is 4. The second-order valence-electron chi connectivity index (χ2n) is 5.30. The molecule has 112 valence electrons. The molecule has 1 fully saturated rings. The van der Waals surface area contributed by atoms with Gasteiger partial charge in [-0.2, -0.15) is 0 Å². The van der Waals surface area contributed by atoms with Gasteiger partial charge in [0.2, 0.25) is 5.91 Å². The Balaban J connectivity index is 1.69. The van der Waals surface area contributed by atoms with Crippen molar-refractivity contribution in [2.24, 2.45) is 0 Å². The molecule has 6 heteroatoms. The van der Waals surface area contributed by atoms with Crippen molar-refractivity contribution in [2.75, 3.05) is 19.8 Å². The van der Waals surface area contributed by atoms with E-state index in [9.17, 15) is 9.59 Å². The zero-order valence-corrected chi connectivity index (χ0v) is 11.6. The smallest absolute Gasteiger partial charge is 0.323 e. The predicted molar refractivity (Wildman–Crippen MR) is 73.5 cm³/mol. The zero-order chi connectivity index (χ0) is 14.8. The van der Waals surface area contributed by atoms with Gasteiger partial charge in [0.1, 0.15) is 19.8 Å². The molecule has 0 spiro atoms. The first-order chi connectivity index (χ1) is 10.1. The van der Waals surface area contributed by atoms with E-state index >= 15 is 0 Å². The molecule has 1 aromatic rings. The van der Waals surface area contributed by atoms with Gasteiger partial charge in [0.25, 0.3) is 0 Å². The summed E-state index contributed by atoms with van der Waals surface area (Å²) >= 11 is 0. The minimum atomic E-state index is -0.975. The lowest BCUT2D eigenvalue weighted by molar-refractivity contribution is -0.144. The number of ether oxygens (including phenoxy) is 2. The Hall–Kier alpha value is -2.24. The van der Waals surface area contributed by atoms with E-state index < -0.39 is 5.97 Å². The second kappa shape index (κ2) is 5.63. The average Bonchev–Trinajstić information content (AvgIpc) is 3.29. The van der Waals surface area contributed by atoms with Crippen molar-refractivity contribution in [2.45, 2.75) is 25.3 Å². The summed E-state index contributed by atoms with van der Waals surface area (Å²) in [5, 5.41) is 8.90. The number of fused-ring (bicyclic) bond motifs is 1. The molecule has 0 aromatic heterocycles. The van der Waals surface area contributed by atoms with Crippen LogP contribution >= 0.6 is 0 Å². The molecule has 0 unspecified atom stereocenters. The largest absolute Gasteiger partial charge is 0.486 e. The summed E-state index contributed by atoms with van der Waals surface area (Å²) in [6.45, 7) is 0.797. The van der Waals surface area contributed by atoms with Gasteiger partial charge < -0.3 is 19.5 Å². The Morgan fingerprint density at radius 3 is 2.57 bits per heavy atom. The van der Waals surface area contributed by atoms with E-state index in [-0.39, 0.29) is 24.9 Å². The van der Waals surface area contributed by atoms with E-state index in [1.165, 1.54) is 4.90 Å². The number of aliphatic carboxylic acids is 1. The minimum absolute atomic E-state index is 0.0887. The number of benzene rings is 1. The van der Waals surface area contributed by atoms with Crippen molar-refractivity contribution in [1.82, 2.24) is 4.90 Å². The van der Waals surface area contributed by atoms with Crippen molar-refractivity contribution >= 4 is 11.9 Å². The summed E-state index contributed by atoms with van der Waals surface area (Å²) in [7, 11) is 0. The molecular formula is C15H17NO5. The second-order valence-corrected chi connectivity index (χ2v) is 5.30. The number of nitrogens with zero attached hydrogens (tertiary/aromatic N) is 1. The molecule has 1 saturated carbocycles. The molecule has 1 heterocycles. The Morgan fingerprint density at radius 2 is 1.90 bits per heavy atom. The first-order valence-electron chi connectivity index (χ1n) is 7.03. The molecule has 1 aliphatic heterocycles. The average molecular weight is 291 g/mol. The van der Waals surface area contributed by atoms with Crippen molar-refractivity contribution in [3.63, 3.8) is 0 Å². The van der Waals surface area contributed by atoms with E-state index in [1.54, 1.807) is 12.1 Å². The van der Waals surface area contributed by atoms with E-state index in [0.29, 0.717) is 24.7 Å².